The van der Waals surface area contributed by atoms with E-state index >= 15 is 0 Å². The van der Waals surface area contributed by atoms with E-state index in [4.69, 9.17) is 0 Å². The summed E-state index contributed by atoms with van der Waals surface area (Å²) < 4.78 is 39.5. The van der Waals surface area contributed by atoms with Crippen molar-refractivity contribution in [1.82, 2.24) is 0 Å². The van der Waals surface area contributed by atoms with Crippen molar-refractivity contribution in [2.75, 3.05) is 0 Å². The Labute approximate surface area is 194 Å². The van der Waals surface area contributed by atoms with Crippen LogP contribution in [0.3, 0.4) is 0 Å². The lowest BCUT2D eigenvalue weighted by Gasteiger charge is -2.18. The second-order valence-corrected chi connectivity index (χ2v) is 8.48. The lowest BCUT2D eigenvalue weighted by Crippen LogP contribution is -2.04. The minimum absolute atomic E-state index is 0.641. The van der Waals surface area contributed by atoms with Gasteiger partial charge in [-0.25, -0.2) is 0 Å². The van der Waals surface area contributed by atoms with Gasteiger partial charge in [0.2, 0.25) is 0 Å². The number of benzene rings is 6. The topological polar surface area (TPSA) is 0 Å². The first-order valence-corrected chi connectivity index (χ1v) is 11.1. The summed E-state index contributed by atoms with van der Waals surface area (Å²) in [5.74, 6) is 0. The highest BCUT2D eigenvalue weighted by Crippen LogP contribution is 2.44. The first-order chi connectivity index (χ1) is 16.5. The third kappa shape index (κ3) is 3.32. The zero-order valence-electron chi connectivity index (χ0n) is 18.1. The van der Waals surface area contributed by atoms with Gasteiger partial charge in [0.05, 0.1) is 5.56 Å². The van der Waals surface area contributed by atoms with Gasteiger partial charge in [0.25, 0.3) is 0 Å². The SMILES string of the molecule is FC(F)(F)c1ccc(-c2c3ccccc3c(-c3ccc4ccccc4c3)c3ccccc23)cc1. The molecule has 0 bridgehead atoms. The van der Waals surface area contributed by atoms with Crippen molar-refractivity contribution in [3.05, 3.63) is 121 Å². The maximum atomic E-state index is 13.2. The van der Waals surface area contributed by atoms with Crippen LogP contribution in [0.25, 0.3) is 54.6 Å². The van der Waals surface area contributed by atoms with E-state index in [0.29, 0.717) is 0 Å². The molecular formula is C31H19F3. The van der Waals surface area contributed by atoms with E-state index in [1.165, 1.54) is 10.8 Å². The molecule has 6 rings (SSSR count). The number of fused-ring (bicyclic) bond motifs is 3. The molecule has 164 valence electrons. The molecule has 0 N–H and O–H groups in total. The van der Waals surface area contributed by atoms with Gasteiger partial charge in [-0.15, -0.1) is 0 Å². The number of halogens is 3. The van der Waals surface area contributed by atoms with Crippen LogP contribution in [0.1, 0.15) is 5.56 Å². The summed E-state index contributed by atoms with van der Waals surface area (Å²) in [6.07, 6.45) is -4.36. The van der Waals surface area contributed by atoms with E-state index in [9.17, 15) is 13.2 Å². The molecule has 0 nitrogen and oxygen atoms in total. The van der Waals surface area contributed by atoms with Crippen LogP contribution in [0.4, 0.5) is 13.2 Å². The van der Waals surface area contributed by atoms with Crippen LogP contribution in [-0.4, -0.2) is 0 Å². The molecule has 0 amide bonds. The summed E-state index contributed by atoms with van der Waals surface area (Å²) in [6, 6.07) is 36.5. The molecule has 0 heterocycles. The fourth-order valence-corrected chi connectivity index (χ4v) is 4.92. The van der Waals surface area contributed by atoms with Crippen LogP contribution in [0, 0.1) is 0 Å². The van der Waals surface area contributed by atoms with E-state index in [1.807, 2.05) is 36.4 Å². The van der Waals surface area contributed by atoms with Crippen molar-refractivity contribution in [3.8, 4) is 22.3 Å². The van der Waals surface area contributed by atoms with E-state index < -0.39 is 11.7 Å². The predicted molar refractivity (Wildman–Crippen MR) is 135 cm³/mol. The van der Waals surface area contributed by atoms with Crippen LogP contribution < -0.4 is 0 Å². The monoisotopic (exact) mass is 448 g/mol. The summed E-state index contributed by atoms with van der Waals surface area (Å²) in [5.41, 5.74) is 3.32. The Hall–Kier alpha value is -4.11. The molecule has 0 atom stereocenters. The number of hydrogen-bond acceptors (Lipinski definition) is 0. The smallest absolute Gasteiger partial charge is 0.166 e. The van der Waals surface area contributed by atoms with Gasteiger partial charge < -0.3 is 0 Å². The van der Waals surface area contributed by atoms with Gasteiger partial charge in [-0.3, -0.25) is 0 Å². The zero-order chi connectivity index (χ0) is 23.3. The molecule has 0 spiro atoms. The van der Waals surface area contributed by atoms with Gasteiger partial charge >= 0.3 is 6.18 Å². The Morgan fingerprint density at radius 1 is 0.412 bits per heavy atom. The van der Waals surface area contributed by atoms with Crippen molar-refractivity contribution < 1.29 is 13.2 Å². The first-order valence-electron chi connectivity index (χ1n) is 11.1. The van der Waals surface area contributed by atoms with E-state index in [-0.39, 0.29) is 0 Å². The number of alkyl halides is 3. The molecule has 6 aromatic carbocycles. The van der Waals surface area contributed by atoms with Gasteiger partial charge in [-0.05, 0) is 72.8 Å². The molecule has 0 aliphatic rings. The second kappa shape index (κ2) is 7.74. The predicted octanol–water partition coefficient (Wildman–Crippen LogP) is 9.50. The van der Waals surface area contributed by atoms with Crippen molar-refractivity contribution >= 4 is 32.3 Å². The highest BCUT2D eigenvalue weighted by molar-refractivity contribution is 6.21. The van der Waals surface area contributed by atoms with Gasteiger partial charge in [0.1, 0.15) is 0 Å². The van der Waals surface area contributed by atoms with Gasteiger partial charge in [-0.2, -0.15) is 13.2 Å². The Morgan fingerprint density at radius 3 is 1.38 bits per heavy atom. The zero-order valence-corrected chi connectivity index (χ0v) is 18.1. The first kappa shape index (κ1) is 20.5. The van der Waals surface area contributed by atoms with E-state index in [2.05, 4.69) is 54.6 Å². The number of hydrogen-bond donors (Lipinski definition) is 0. The molecule has 0 aromatic heterocycles. The Kier molecular flexibility index (Phi) is 4.66. The normalized spacial score (nSPS) is 12.0. The van der Waals surface area contributed by atoms with Crippen LogP contribution >= 0.6 is 0 Å². The third-order valence-corrected chi connectivity index (χ3v) is 6.47. The number of rotatable bonds is 2. The Morgan fingerprint density at radius 2 is 0.853 bits per heavy atom. The second-order valence-electron chi connectivity index (χ2n) is 8.48. The summed E-state index contributed by atoms with van der Waals surface area (Å²) in [4.78, 5) is 0. The Balaban J connectivity index is 1.69. The molecule has 6 aromatic rings. The highest BCUT2D eigenvalue weighted by atomic mass is 19.4. The van der Waals surface area contributed by atoms with Crippen LogP contribution in [0.2, 0.25) is 0 Å². The average molecular weight is 448 g/mol. The molecular weight excluding hydrogens is 429 g/mol. The molecule has 0 aliphatic carbocycles. The molecule has 0 saturated carbocycles. The average Bonchev–Trinajstić information content (AvgIpc) is 2.86. The van der Waals surface area contributed by atoms with Crippen molar-refractivity contribution in [1.29, 1.82) is 0 Å². The van der Waals surface area contributed by atoms with Gasteiger partial charge in [0.15, 0.2) is 0 Å². The minimum atomic E-state index is -4.36. The molecule has 3 heteroatoms. The summed E-state index contributed by atoms with van der Waals surface area (Å²) in [5, 5.41) is 6.53. The molecule has 34 heavy (non-hydrogen) atoms. The van der Waals surface area contributed by atoms with Gasteiger partial charge in [-0.1, -0.05) is 97.1 Å². The van der Waals surface area contributed by atoms with Crippen LogP contribution in [-0.2, 0) is 6.18 Å². The minimum Gasteiger partial charge on any atom is -0.166 e. The van der Waals surface area contributed by atoms with Crippen LogP contribution in [0.5, 0.6) is 0 Å². The lowest BCUT2D eigenvalue weighted by molar-refractivity contribution is -0.137. The standard InChI is InChI=1S/C31H19F3/c32-31(33,34)24-17-15-21(16-18-24)29-25-9-3-5-11-27(25)30(28-12-6-4-10-26(28)29)23-14-13-20-7-1-2-8-22(20)19-23/h1-19H. The molecule has 0 aliphatic heterocycles. The third-order valence-electron chi connectivity index (χ3n) is 6.47. The van der Waals surface area contributed by atoms with Gasteiger partial charge in [0, 0.05) is 0 Å². The maximum absolute atomic E-state index is 13.2. The summed E-state index contributed by atoms with van der Waals surface area (Å²) >= 11 is 0. The summed E-state index contributed by atoms with van der Waals surface area (Å²) in [7, 11) is 0. The Bertz CT molecular complexity index is 1620. The molecule has 0 radical (unpaired) electrons. The summed E-state index contributed by atoms with van der Waals surface area (Å²) in [6.45, 7) is 0. The molecule has 0 fully saturated rings. The quantitative estimate of drug-likeness (QED) is 0.231. The van der Waals surface area contributed by atoms with E-state index in [1.54, 1.807) is 12.1 Å². The van der Waals surface area contributed by atoms with Crippen LogP contribution in [0.15, 0.2) is 115 Å². The van der Waals surface area contributed by atoms with Crippen molar-refractivity contribution in [3.63, 3.8) is 0 Å². The highest BCUT2D eigenvalue weighted by Gasteiger charge is 2.30. The fraction of sp³-hybridized carbons (Fsp3) is 0.0323. The molecule has 0 unspecified atom stereocenters. The van der Waals surface area contributed by atoms with E-state index in [0.717, 1.165) is 55.9 Å². The maximum Gasteiger partial charge on any atom is 0.416 e. The fourth-order valence-electron chi connectivity index (χ4n) is 4.92. The largest absolute Gasteiger partial charge is 0.416 e. The lowest BCUT2D eigenvalue weighted by atomic mass is 9.85. The van der Waals surface area contributed by atoms with Crippen molar-refractivity contribution in [2.24, 2.45) is 0 Å². The molecule has 0 saturated heterocycles. The van der Waals surface area contributed by atoms with Crippen molar-refractivity contribution in [2.45, 2.75) is 6.18 Å².